The summed E-state index contributed by atoms with van der Waals surface area (Å²) in [5.41, 5.74) is -0.0463. The van der Waals surface area contributed by atoms with Crippen molar-refractivity contribution >= 4 is 0 Å². The van der Waals surface area contributed by atoms with Crippen molar-refractivity contribution in [3.63, 3.8) is 0 Å². The summed E-state index contributed by atoms with van der Waals surface area (Å²) < 4.78 is 0. The van der Waals surface area contributed by atoms with Gasteiger partial charge >= 0.3 is 0 Å². The first-order valence-electron chi connectivity index (χ1n) is 1.63. The molecule has 0 aliphatic heterocycles. The molecule has 0 aliphatic rings. The Kier molecular flexibility index (Phi) is 10.7. The molecule has 0 spiro atoms. The molecule has 38 valence electrons. The molecular weight excluding hydrogens is 100 g/mol. The minimum atomic E-state index is -0.0463. The zero-order valence-corrected chi connectivity index (χ0v) is 4.26. The van der Waals surface area contributed by atoms with Gasteiger partial charge in [-0.2, -0.15) is 10.5 Å². The number of rotatable bonds is 0. The fraction of sp³-hybridized carbons (Fsp3) is 0. The number of terminal acetylenes is 1. The zero-order chi connectivity index (χ0) is 6.99. The molecule has 0 N–H and O–H groups in total. The molecule has 0 unspecified atom stereocenters. The molecule has 0 amide bonds. The second kappa shape index (κ2) is 8.99. The van der Waals surface area contributed by atoms with Gasteiger partial charge < -0.3 is 0 Å². The maximum atomic E-state index is 7.76. The molecule has 0 heterocycles. The Morgan fingerprint density at radius 3 is 1.50 bits per heavy atom. The first kappa shape index (κ1) is 9.56. The van der Waals surface area contributed by atoms with Gasteiger partial charge in [-0.1, -0.05) is 6.58 Å². The lowest BCUT2D eigenvalue weighted by Gasteiger charge is -1.58. The van der Waals surface area contributed by atoms with Crippen molar-refractivity contribution in [1.82, 2.24) is 0 Å². The molecule has 2 heteroatoms. The van der Waals surface area contributed by atoms with Crippen LogP contribution in [0.2, 0.25) is 0 Å². The fourth-order valence-corrected chi connectivity index (χ4v) is 0.0250. The van der Waals surface area contributed by atoms with Crippen LogP contribution in [-0.2, 0) is 0 Å². The SMILES string of the molecule is C#C.C=C(C#N)C#N. The molecular formula is C6H4N2. The van der Waals surface area contributed by atoms with E-state index < -0.39 is 0 Å². The highest BCUT2D eigenvalue weighted by Gasteiger charge is 1.76. The minimum absolute atomic E-state index is 0.0463. The van der Waals surface area contributed by atoms with Crippen LogP contribution in [0.5, 0.6) is 0 Å². The van der Waals surface area contributed by atoms with E-state index in [1.165, 1.54) is 0 Å². The Labute approximate surface area is 48.7 Å². The number of hydrogen-bond acceptors (Lipinski definition) is 2. The van der Waals surface area contributed by atoms with Crippen molar-refractivity contribution < 1.29 is 0 Å². The molecule has 8 heavy (non-hydrogen) atoms. The van der Waals surface area contributed by atoms with Gasteiger partial charge in [0.05, 0.1) is 0 Å². The van der Waals surface area contributed by atoms with Crippen molar-refractivity contribution in [2.45, 2.75) is 0 Å². The predicted octanol–water partition coefficient (Wildman–Crippen LogP) is 0.839. The summed E-state index contributed by atoms with van der Waals surface area (Å²) in [6.45, 7) is 3.07. The molecule has 0 saturated heterocycles. The third-order valence-corrected chi connectivity index (χ3v) is 0.270. The third kappa shape index (κ3) is 8.86. The topological polar surface area (TPSA) is 47.6 Å². The first-order chi connectivity index (χ1) is 3.81. The van der Waals surface area contributed by atoms with E-state index in [1.54, 1.807) is 12.1 Å². The molecule has 0 aromatic carbocycles. The fourth-order valence-electron chi connectivity index (χ4n) is 0.0250. The van der Waals surface area contributed by atoms with Gasteiger partial charge in [0.15, 0.2) is 0 Å². The molecule has 0 fully saturated rings. The highest BCUT2D eigenvalue weighted by Crippen LogP contribution is 1.75. The summed E-state index contributed by atoms with van der Waals surface area (Å²) in [4.78, 5) is 0. The van der Waals surface area contributed by atoms with Gasteiger partial charge in [0.1, 0.15) is 17.7 Å². The molecule has 0 aromatic rings. The monoisotopic (exact) mass is 104 g/mol. The first-order valence-corrected chi connectivity index (χ1v) is 1.63. The lowest BCUT2D eigenvalue weighted by Crippen LogP contribution is -1.58. The van der Waals surface area contributed by atoms with E-state index in [1.807, 2.05) is 0 Å². The van der Waals surface area contributed by atoms with Crippen LogP contribution < -0.4 is 0 Å². The average molecular weight is 104 g/mol. The summed E-state index contributed by atoms with van der Waals surface area (Å²) in [5, 5.41) is 15.5. The maximum Gasteiger partial charge on any atom is 0.122 e. The maximum absolute atomic E-state index is 7.76. The summed E-state index contributed by atoms with van der Waals surface area (Å²) in [7, 11) is 0. The Bertz CT molecular complexity index is 147. The van der Waals surface area contributed by atoms with Crippen LogP contribution in [0.1, 0.15) is 0 Å². The Morgan fingerprint density at radius 1 is 1.25 bits per heavy atom. The molecule has 0 bridgehead atoms. The Balaban J connectivity index is 0. The van der Waals surface area contributed by atoms with E-state index in [-0.39, 0.29) is 5.57 Å². The number of hydrogen-bond donors (Lipinski definition) is 0. The van der Waals surface area contributed by atoms with Gasteiger partial charge in [0, 0.05) is 0 Å². The molecule has 0 saturated carbocycles. The third-order valence-electron chi connectivity index (χ3n) is 0.270. The van der Waals surface area contributed by atoms with E-state index in [9.17, 15) is 0 Å². The van der Waals surface area contributed by atoms with Gasteiger partial charge in [-0.05, 0) is 0 Å². The van der Waals surface area contributed by atoms with Crippen LogP contribution in [0.4, 0.5) is 0 Å². The number of allylic oxidation sites excluding steroid dienone is 1. The standard InChI is InChI=1S/C4H2N2.C2H2/c1-4(2-5)3-6;1-2/h1H2;1-2H. The lowest BCUT2D eigenvalue weighted by atomic mass is 10.4. The molecule has 0 aromatic heterocycles. The van der Waals surface area contributed by atoms with E-state index in [2.05, 4.69) is 19.4 Å². The molecule has 0 atom stereocenters. The summed E-state index contributed by atoms with van der Waals surface area (Å²) in [6.07, 6.45) is 8.00. The molecule has 0 rings (SSSR count). The number of nitriles is 2. The van der Waals surface area contributed by atoms with Gasteiger partial charge in [0.2, 0.25) is 0 Å². The Hall–Kier alpha value is -1.72. The lowest BCUT2D eigenvalue weighted by molar-refractivity contribution is 1.47. The van der Waals surface area contributed by atoms with Crippen LogP contribution >= 0.6 is 0 Å². The smallest absolute Gasteiger partial charge is 0.122 e. The van der Waals surface area contributed by atoms with E-state index in [0.29, 0.717) is 0 Å². The second-order valence-corrected chi connectivity index (χ2v) is 0.702. The molecule has 2 nitrogen and oxygen atoms in total. The zero-order valence-electron chi connectivity index (χ0n) is 4.26. The van der Waals surface area contributed by atoms with E-state index in [4.69, 9.17) is 10.5 Å². The molecule has 0 radical (unpaired) electrons. The van der Waals surface area contributed by atoms with Crippen LogP contribution in [-0.4, -0.2) is 0 Å². The van der Waals surface area contributed by atoms with Gasteiger partial charge in [-0.25, -0.2) is 0 Å². The van der Waals surface area contributed by atoms with Crippen molar-refractivity contribution in [3.05, 3.63) is 12.2 Å². The second-order valence-electron chi connectivity index (χ2n) is 0.702. The predicted molar refractivity (Wildman–Crippen MR) is 30.3 cm³/mol. The van der Waals surface area contributed by atoms with Gasteiger partial charge in [-0.3, -0.25) is 0 Å². The van der Waals surface area contributed by atoms with E-state index in [0.717, 1.165) is 0 Å². The van der Waals surface area contributed by atoms with Crippen LogP contribution in [0.15, 0.2) is 12.2 Å². The normalized spacial score (nSPS) is 4.00. The highest BCUT2D eigenvalue weighted by atomic mass is 14.3. The van der Waals surface area contributed by atoms with Crippen molar-refractivity contribution in [2.24, 2.45) is 0 Å². The summed E-state index contributed by atoms with van der Waals surface area (Å²) in [5.74, 6) is 0. The van der Waals surface area contributed by atoms with Crippen molar-refractivity contribution in [2.75, 3.05) is 0 Å². The summed E-state index contributed by atoms with van der Waals surface area (Å²) >= 11 is 0. The van der Waals surface area contributed by atoms with Gasteiger partial charge in [-0.15, -0.1) is 12.8 Å². The average Bonchev–Trinajstić information content (AvgIpc) is 1.91. The van der Waals surface area contributed by atoms with Gasteiger partial charge in [0.25, 0.3) is 0 Å². The van der Waals surface area contributed by atoms with Crippen molar-refractivity contribution in [3.8, 4) is 25.0 Å². The van der Waals surface area contributed by atoms with Crippen LogP contribution in [0, 0.1) is 35.5 Å². The largest absolute Gasteiger partial charge is 0.192 e. The number of nitrogens with zero attached hydrogens (tertiary/aromatic N) is 2. The van der Waals surface area contributed by atoms with Crippen molar-refractivity contribution in [1.29, 1.82) is 10.5 Å². The van der Waals surface area contributed by atoms with Crippen LogP contribution in [0.25, 0.3) is 0 Å². The minimum Gasteiger partial charge on any atom is -0.192 e. The Morgan fingerprint density at radius 2 is 1.50 bits per heavy atom. The molecule has 0 aliphatic carbocycles. The van der Waals surface area contributed by atoms with E-state index >= 15 is 0 Å². The summed E-state index contributed by atoms with van der Waals surface area (Å²) in [6, 6.07) is 3.12. The quantitative estimate of drug-likeness (QED) is 0.337. The van der Waals surface area contributed by atoms with Crippen LogP contribution in [0.3, 0.4) is 0 Å². The highest BCUT2D eigenvalue weighted by molar-refractivity contribution is 5.31.